The molecule has 0 saturated heterocycles. The Balaban J connectivity index is 2.80. The Morgan fingerprint density at radius 3 is 2.77 bits per heavy atom. The fourth-order valence-corrected chi connectivity index (χ4v) is 0.833. The summed E-state index contributed by atoms with van der Waals surface area (Å²) in [5.41, 5.74) is 0. The van der Waals surface area contributed by atoms with Crippen molar-refractivity contribution in [2.45, 2.75) is 6.11 Å². The number of alkyl halides is 3. The summed E-state index contributed by atoms with van der Waals surface area (Å²) < 4.78 is 40.4. The van der Waals surface area contributed by atoms with Gasteiger partial charge in [-0.25, -0.2) is 4.39 Å². The van der Waals surface area contributed by atoms with Gasteiger partial charge < -0.3 is 4.74 Å². The molecular formula is C8H5ClF3O. The van der Waals surface area contributed by atoms with Gasteiger partial charge in [0.1, 0.15) is 5.75 Å². The second-order valence-corrected chi connectivity index (χ2v) is 2.60. The third kappa shape index (κ3) is 2.81. The molecule has 5 heteroatoms. The minimum Gasteiger partial charge on any atom is -0.429 e. The highest BCUT2D eigenvalue weighted by Crippen LogP contribution is 2.28. The number of halogens is 4. The smallest absolute Gasteiger partial charge is 0.427 e. The van der Waals surface area contributed by atoms with Crippen molar-refractivity contribution in [3.05, 3.63) is 29.3 Å². The van der Waals surface area contributed by atoms with E-state index in [9.17, 15) is 13.2 Å². The van der Waals surface area contributed by atoms with Gasteiger partial charge in [-0.3, -0.25) is 0 Å². The zero-order chi connectivity index (χ0) is 9.90. The van der Waals surface area contributed by atoms with Crippen LogP contribution in [0.2, 0.25) is 5.02 Å². The highest BCUT2D eigenvalue weighted by atomic mass is 35.5. The Hall–Kier alpha value is -0.900. The largest absolute Gasteiger partial charge is 0.429 e. The molecule has 1 aromatic rings. The number of rotatable bonds is 3. The predicted octanol–water partition coefficient (Wildman–Crippen LogP) is 3.08. The molecule has 13 heavy (non-hydrogen) atoms. The molecule has 0 amide bonds. The highest BCUT2D eigenvalue weighted by molar-refractivity contribution is 6.31. The summed E-state index contributed by atoms with van der Waals surface area (Å²) in [6.45, 7) is -1.89. The second kappa shape index (κ2) is 3.87. The monoisotopic (exact) mass is 209 g/mol. The van der Waals surface area contributed by atoms with Crippen LogP contribution in [0.15, 0.2) is 18.2 Å². The summed E-state index contributed by atoms with van der Waals surface area (Å²) in [7, 11) is 0. The first-order chi connectivity index (χ1) is 6.05. The van der Waals surface area contributed by atoms with Crippen LogP contribution in [0.4, 0.5) is 13.2 Å². The molecule has 1 rings (SSSR count). The maximum atomic E-state index is 12.3. The summed E-state index contributed by atoms with van der Waals surface area (Å²) in [5, 5.41) is -0.101. The summed E-state index contributed by atoms with van der Waals surface area (Å²) in [6, 6.07) is 6.49. The average Bonchev–Trinajstić information content (AvgIpc) is 2.09. The molecule has 1 aromatic carbocycles. The van der Waals surface area contributed by atoms with Crippen molar-refractivity contribution in [3.63, 3.8) is 0 Å². The Bertz CT molecular complexity index is 290. The number of ether oxygens (including phenoxy) is 1. The molecule has 0 spiro atoms. The Morgan fingerprint density at radius 2 is 2.23 bits per heavy atom. The zero-order valence-electron chi connectivity index (χ0n) is 6.36. The lowest BCUT2D eigenvalue weighted by Crippen LogP contribution is -2.27. The molecule has 0 atom stereocenters. The van der Waals surface area contributed by atoms with Gasteiger partial charge in [-0.1, -0.05) is 23.7 Å². The first-order valence-electron chi connectivity index (χ1n) is 3.34. The van der Waals surface area contributed by atoms with Gasteiger partial charge in [0, 0.05) is 6.07 Å². The standard InChI is InChI=1S/C8H5ClF3O/c9-6-3-1-2-4-7(6)13-8(11,12)5-10/h1-2,4H,5H2. The van der Waals surface area contributed by atoms with E-state index >= 15 is 0 Å². The van der Waals surface area contributed by atoms with Gasteiger partial charge in [-0.2, -0.15) is 8.78 Å². The van der Waals surface area contributed by atoms with E-state index in [0.29, 0.717) is 0 Å². The third-order valence-corrected chi connectivity index (χ3v) is 1.48. The van der Waals surface area contributed by atoms with Crippen LogP contribution in [0, 0.1) is 6.07 Å². The summed E-state index contributed by atoms with van der Waals surface area (Å²) in [4.78, 5) is 0. The molecule has 0 fully saturated rings. The lowest BCUT2D eigenvalue weighted by atomic mass is 10.3. The maximum Gasteiger partial charge on any atom is 0.427 e. The van der Waals surface area contributed by atoms with Gasteiger partial charge in [-0.15, -0.1) is 0 Å². The number of benzene rings is 1. The van der Waals surface area contributed by atoms with Crippen LogP contribution in [0.5, 0.6) is 5.75 Å². The van der Waals surface area contributed by atoms with Gasteiger partial charge >= 0.3 is 6.11 Å². The predicted molar refractivity (Wildman–Crippen MR) is 41.8 cm³/mol. The van der Waals surface area contributed by atoms with Crippen LogP contribution < -0.4 is 4.74 Å². The van der Waals surface area contributed by atoms with Crippen molar-refractivity contribution < 1.29 is 17.9 Å². The van der Waals surface area contributed by atoms with E-state index in [1.807, 2.05) is 0 Å². The van der Waals surface area contributed by atoms with Crippen LogP contribution >= 0.6 is 11.6 Å². The van der Waals surface area contributed by atoms with Crippen LogP contribution in [0.25, 0.3) is 0 Å². The Labute approximate surface area is 78.1 Å². The highest BCUT2D eigenvalue weighted by Gasteiger charge is 2.32. The number of hydrogen-bond donors (Lipinski definition) is 0. The normalized spacial score (nSPS) is 11.4. The van der Waals surface area contributed by atoms with E-state index in [1.54, 1.807) is 0 Å². The van der Waals surface area contributed by atoms with E-state index < -0.39 is 12.8 Å². The molecule has 71 valence electrons. The van der Waals surface area contributed by atoms with Gasteiger partial charge in [-0.05, 0) is 6.07 Å². The fraction of sp³-hybridized carbons (Fsp3) is 0.250. The molecule has 1 nitrogen and oxygen atoms in total. The van der Waals surface area contributed by atoms with Gasteiger partial charge in [0.25, 0.3) is 0 Å². The third-order valence-electron chi connectivity index (χ3n) is 1.19. The van der Waals surface area contributed by atoms with Crippen molar-refractivity contribution in [2.75, 3.05) is 6.67 Å². The second-order valence-electron chi connectivity index (χ2n) is 2.22. The van der Waals surface area contributed by atoms with Crippen LogP contribution in [-0.4, -0.2) is 12.8 Å². The average molecular weight is 210 g/mol. The zero-order valence-corrected chi connectivity index (χ0v) is 7.12. The topological polar surface area (TPSA) is 9.23 Å². The quantitative estimate of drug-likeness (QED) is 0.743. The molecule has 0 N–H and O–H groups in total. The van der Waals surface area contributed by atoms with Crippen molar-refractivity contribution in [2.24, 2.45) is 0 Å². The maximum absolute atomic E-state index is 12.3. The minimum atomic E-state index is -3.83. The number of hydrogen-bond acceptors (Lipinski definition) is 1. The molecule has 0 unspecified atom stereocenters. The van der Waals surface area contributed by atoms with Gasteiger partial charge in [0.15, 0.2) is 6.67 Å². The fourth-order valence-electron chi connectivity index (χ4n) is 0.668. The molecule has 0 aromatic heterocycles. The first kappa shape index (κ1) is 10.2. The van der Waals surface area contributed by atoms with E-state index in [0.717, 1.165) is 0 Å². The van der Waals surface area contributed by atoms with E-state index in [1.165, 1.54) is 18.2 Å². The molecule has 1 radical (unpaired) electrons. The summed E-state index contributed by atoms with van der Waals surface area (Å²) in [5.74, 6) is -0.285. The molecule has 0 aliphatic rings. The molecule has 0 saturated carbocycles. The van der Waals surface area contributed by atoms with Crippen molar-refractivity contribution in [1.29, 1.82) is 0 Å². The SMILES string of the molecule is FCC(F)(F)Oc1ccc[c]c1Cl. The Morgan fingerprint density at radius 1 is 1.54 bits per heavy atom. The van der Waals surface area contributed by atoms with Crippen molar-refractivity contribution in [1.82, 2.24) is 0 Å². The van der Waals surface area contributed by atoms with Crippen molar-refractivity contribution >= 4 is 11.6 Å². The van der Waals surface area contributed by atoms with Crippen LogP contribution in [0.1, 0.15) is 0 Å². The minimum absolute atomic E-state index is 0.101. The molecule has 0 aliphatic heterocycles. The first-order valence-corrected chi connectivity index (χ1v) is 3.72. The Kier molecular flexibility index (Phi) is 3.03. The van der Waals surface area contributed by atoms with E-state index in [-0.39, 0.29) is 10.8 Å². The van der Waals surface area contributed by atoms with Crippen LogP contribution in [-0.2, 0) is 0 Å². The lowest BCUT2D eigenvalue weighted by molar-refractivity contribution is -0.186. The van der Waals surface area contributed by atoms with Crippen molar-refractivity contribution in [3.8, 4) is 5.75 Å². The van der Waals surface area contributed by atoms with Crippen LogP contribution in [0.3, 0.4) is 0 Å². The van der Waals surface area contributed by atoms with Gasteiger partial charge in [0.05, 0.1) is 5.02 Å². The summed E-state index contributed by atoms with van der Waals surface area (Å²) >= 11 is 5.45. The van der Waals surface area contributed by atoms with Gasteiger partial charge in [0.2, 0.25) is 0 Å². The molecular weight excluding hydrogens is 205 g/mol. The molecule has 0 aliphatic carbocycles. The molecule has 0 heterocycles. The lowest BCUT2D eigenvalue weighted by Gasteiger charge is -2.14. The summed E-state index contributed by atoms with van der Waals surface area (Å²) in [6.07, 6.45) is -3.83. The van der Waals surface area contributed by atoms with E-state index in [4.69, 9.17) is 11.6 Å². The molecule has 0 bridgehead atoms. The van der Waals surface area contributed by atoms with E-state index in [2.05, 4.69) is 10.8 Å².